The number of benzene rings is 1. The Morgan fingerprint density at radius 1 is 1.38 bits per heavy atom. The number of aryl methyl sites for hydroxylation is 2. The lowest BCUT2D eigenvalue weighted by atomic mass is 10.1. The van der Waals surface area contributed by atoms with Crippen LogP contribution in [0.1, 0.15) is 36.6 Å². The molecule has 4 nitrogen and oxygen atoms in total. The van der Waals surface area contributed by atoms with Gasteiger partial charge in [0.1, 0.15) is 5.82 Å². The third-order valence-electron chi connectivity index (χ3n) is 4.55. The van der Waals surface area contributed by atoms with Crippen molar-refractivity contribution in [3.05, 3.63) is 53.1 Å². The van der Waals surface area contributed by atoms with Crippen LogP contribution in [0.25, 0.3) is 0 Å². The van der Waals surface area contributed by atoms with Gasteiger partial charge in [0.25, 0.3) is 0 Å². The normalized spacial score (nSPS) is 17.8. The minimum atomic E-state index is -0.181. The van der Waals surface area contributed by atoms with Crippen LogP contribution in [0.15, 0.2) is 30.5 Å². The molecule has 0 bridgehead atoms. The molecule has 1 atom stereocenters. The van der Waals surface area contributed by atoms with Gasteiger partial charge in [-0.1, -0.05) is 12.1 Å². The number of nitrogens with zero attached hydrogens (tertiary/aromatic N) is 3. The van der Waals surface area contributed by atoms with Gasteiger partial charge in [-0.2, -0.15) is 5.10 Å². The molecule has 2 aromatic rings. The van der Waals surface area contributed by atoms with Crippen molar-refractivity contribution in [1.29, 1.82) is 0 Å². The van der Waals surface area contributed by atoms with E-state index in [1.807, 2.05) is 17.7 Å². The van der Waals surface area contributed by atoms with E-state index < -0.39 is 0 Å². The molecule has 0 saturated carbocycles. The fraction of sp³-hybridized carbons (Fsp3) is 0.526. The number of aromatic nitrogens is 2. The zero-order chi connectivity index (χ0) is 16.9. The lowest BCUT2D eigenvalue weighted by Crippen LogP contribution is -2.31. The number of halogens is 1. The van der Waals surface area contributed by atoms with Crippen molar-refractivity contribution < 1.29 is 9.13 Å². The molecule has 1 aromatic carbocycles. The first-order valence-electron chi connectivity index (χ1n) is 8.75. The van der Waals surface area contributed by atoms with Gasteiger partial charge < -0.3 is 4.74 Å². The minimum absolute atomic E-state index is 0.181. The van der Waals surface area contributed by atoms with E-state index in [-0.39, 0.29) is 11.9 Å². The Hall–Kier alpha value is -1.72. The van der Waals surface area contributed by atoms with Crippen molar-refractivity contribution in [2.24, 2.45) is 0 Å². The van der Waals surface area contributed by atoms with Crippen LogP contribution in [0, 0.1) is 12.7 Å². The average Bonchev–Trinajstić information content (AvgIpc) is 3.17. The fourth-order valence-corrected chi connectivity index (χ4v) is 3.27. The van der Waals surface area contributed by atoms with Crippen LogP contribution in [0.5, 0.6) is 0 Å². The highest BCUT2D eigenvalue weighted by Gasteiger charge is 2.20. The summed E-state index contributed by atoms with van der Waals surface area (Å²) in [6.45, 7) is 8.26. The van der Waals surface area contributed by atoms with Crippen molar-refractivity contribution in [3.8, 4) is 0 Å². The number of hydrogen-bond donors (Lipinski definition) is 0. The van der Waals surface area contributed by atoms with E-state index in [4.69, 9.17) is 4.74 Å². The third-order valence-corrected chi connectivity index (χ3v) is 4.55. The second-order valence-electron chi connectivity index (χ2n) is 6.53. The molecule has 1 unspecified atom stereocenters. The zero-order valence-electron chi connectivity index (χ0n) is 14.5. The minimum Gasteiger partial charge on any atom is -0.377 e. The SMILES string of the molecule is CCn1cc(CN(Cc2cccc(F)c2)CC2CCCO2)c(C)n1. The summed E-state index contributed by atoms with van der Waals surface area (Å²) >= 11 is 0. The van der Waals surface area contributed by atoms with Crippen LogP contribution in [-0.2, 0) is 24.4 Å². The van der Waals surface area contributed by atoms with Crippen molar-refractivity contribution >= 4 is 0 Å². The van der Waals surface area contributed by atoms with Gasteiger partial charge in [0.2, 0.25) is 0 Å². The number of rotatable bonds is 7. The molecule has 5 heteroatoms. The molecule has 0 spiro atoms. The van der Waals surface area contributed by atoms with Gasteiger partial charge in [-0.25, -0.2) is 4.39 Å². The van der Waals surface area contributed by atoms with E-state index in [0.717, 1.165) is 50.3 Å². The quantitative estimate of drug-likeness (QED) is 0.777. The molecule has 3 rings (SSSR count). The first-order chi connectivity index (χ1) is 11.6. The first kappa shape index (κ1) is 17.1. The maximum Gasteiger partial charge on any atom is 0.123 e. The van der Waals surface area contributed by atoms with Crippen molar-refractivity contribution in [2.75, 3.05) is 13.2 Å². The Morgan fingerprint density at radius 3 is 2.92 bits per heavy atom. The van der Waals surface area contributed by atoms with Gasteiger partial charge in [0.05, 0.1) is 11.8 Å². The Balaban J connectivity index is 1.74. The van der Waals surface area contributed by atoms with Crippen molar-refractivity contribution in [1.82, 2.24) is 14.7 Å². The Kier molecular flexibility index (Phi) is 5.63. The maximum absolute atomic E-state index is 13.5. The summed E-state index contributed by atoms with van der Waals surface area (Å²) in [5.41, 5.74) is 3.29. The van der Waals surface area contributed by atoms with Crippen LogP contribution in [0.2, 0.25) is 0 Å². The molecule has 130 valence electrons. The lowest BCUT2D eigenvalue weighted by Gasteiger charge is -2.25. The van der Waals surface area contributed by atoms with Crippen LogP contribution in [-0.4, -0.2) is 33.9 Å². The first-order valence-corrected chi connectivity index (χ1v) is 8.75. The van der Waals surface area contributed by atoms with E-state index in [0.29, 0.717) is 6.54 Å². The summed E-state index contributed by atoms with van der Waals surface area (Å²) in [6, 6.07) is 6.86. The van der Waals surface area contributed by atoms with E-state index in [9.17, 15) is 4.39 Å². The second-order valence-corrected chi connectivity index (χ2v) is 6.53. The van der Waals surface area contributed by atoms with E-state index in [1.54, 1.807) is 12.1 Å². The third kappa shape index (κ3) is 4.42. The molecule has 2 heterocycles. The van der Waals surface area contributed by atoms with Gasteiger partial charge in [0.15, 0.2) is 0 Å². The Morgan fingerprint density at radius 2 is 2.25 bits per heavy atom. The van der Waals surface area contributed by atoms with Gasteiger partial charge >= 0.3 is 0 Å². The summed E-state index contributed by atoms with van der Waals surface area (Å²) < 4.78 is 21.3. The second kappa shape index (κ2) is 7.90. The van der Waals surface area contributed by atoms with Gasteiger partial charge in [-0.3, -0.25) is 9.58 Å². The van der Waals surface area contributed by atoms with Crippen LogP contribution in [0.3, 0.4) is 0 Å². The highest BCUT2D eigenvalue weighted by atomic mass is 19.1. The average molecular weight is 331 g/mol. The van der Waals surface area contributed by atoms with Crippen molar-refractivity contribution in [2.45, 2.75) is 52.4 Å². The molecule has 0 radical (unpaired) electrons. The van der Waals surface area contributed by atoms with Crippen LogP contribution >= 0.6 is 0 Å². The smallest absolute Gasteiger partial charge is 0.123 e. The number of hydrogen-bond acceptors (Lipinski definition) is 3. The standard InChI is InChI=1S/C19H26FN3O/c1-3-23-13-17(15(2)21-23)12-22(14-19-8-5-9-24-19)11-16-6-4-7-18(20)10-16/h4,6-7,10,13,19H,3,5,8-9,11-12,14H2,1-2H3. The number of ether oxygens (including phenoxy) is 1. The van der Waals surface area contributed by atoms with E-state index in [2.05, 4.69) is 23.1 Å². The summed E-state index contributed by atoms with van der Waals surface area (Å²) in [5.74, 6) is -0.181. The maximum atomic E-state index is 13.5. The molecule has 1 fully saturated rings. The van der Waals surface area contributed by atoms with Gasteiger partial charge in [-0.05, 0) is 44.4 Å². The Bertz CT molecular complexity index is 664. The van der Waals surface area contributed by atoms with Gasteiger partial charge in [0, 0.05) is 44.5 Å². The molecular weight excluding hydrogens is 305 g/mol. The van der Waals surface area contributed by atoms with E-state index in [1.165, 1.54) is 11.6 Å². The molecular formula is C19H26FN3O. The topological polar surface area (TPSA) is 30.3 Å². The molecule has 24 heavy (non-hydrogen) atoms. The van der Waals surface area contributed by atoms with Crippen LogP contribution < -0.4 is 0 Å². The molecule has 0 aliphatic carbocycles. The molecule has 0 N–H and O–H groups in total. The van der Waals surface area contributed by atoms with Gasteiger partial charge in [-0.15, -0.1) is 0 Å². The molecule has 0 amide bonds. The summed E-state index contributed by atoms with van der Waals surface area (Å²) in [4.78, 5) is 2.34. The van der Waals surface area contributed by atoms with E-state index >= 15 is 0 Å². The summed E-state index contributed by atoms with van der Waals surface area (Å²) in [6.07, 6.45) is 4.63. The molecule has 1 aromatic heterocycles. The molecule has 1 aliphatic heterocycles. The molecule has 1 saturated heterocycles. The zero-order valence-corrected chi connectivity index (χ0v) is 14.5. The lowest BCUT2D eigenvalue weighted by molar-refractivity contribution is 0.0678. The Labute approximate surface area is 143 Å². The highest BCUT2D eigenvalue weighted by Crippen LogP contribution is 2.18. The summed E-state index contributed by atoms with van der Waals surface area (Å²) in [7, 11) is 0. The largest absolute Gasteiger partial charge is 0.377 e. The summed E-state index contributed by atoms with van der Waals surface area (Å²) in [5, 5.41) is 4.53. The van der Waals surface area contributed by atoms with Crippen molar-refractivity contribution in [3.63, 3.8) is 0 Å². The van der Waals surface area contributed by atoms with Crippen LogP contribution in [0.4, 0.5) is 4.39 Å². The monoisotopic (exact) mass is 331 g/mol. The predicted octanol–water partition coefficient (Wildman–Crippen LogP) is 3.53. The fourth-order valence-electron chi connectivity index (χ4n) is 3.27. The predicted molar refractivity (Wildman–Crippen MR) is 92.1 cm³/mol. The molecule has 1 aliphatic rings. The highest BCUT2D eigenvalue weighted by molar-refractivity contribution is 5.18.